The van der Waals surface area contributed by atoms with Gasteiger partial charge in [0.25, 0.3) is 0 Å². The maximum Gasteiger partial charge on any atom is 0.416 e. The SMILES string of the molecule is Nc1ccccc1Sc1cc(C(F)(F)F)cc(C(F)(F)F)c1. The first-order chi connectivity index (χ1) is 10.1. The third-order valence-corrected chi connectivity index (χ3v) is 3.77. The van der Waals surface area contributed by atoms with Crippen LogP contribution in [0.1, 0.15) is 11.1 Å². The second-order valence-corrected chi connectivity index (χ2v) is 5.50. The van der Waals surface area contributed by atoms with E-state index in [-0.39, 0.29) is 16.6 Å². The molecule has 2 aromatic carbocycles. The number of alkyl halides is 6. The topological polar surface area (TPSA) is 26.0 Å². The summed E-state index contributed by atoms with van der Waals surface area (Å²) in [5.41, 5.74) is 3.23. The molecule has 8 heteroatoms. The van der Waals surface area contributed by atoms with Crippen molar-refractivity contribution in [3.63, 3.8) is 0 Å². The second kappa shape index (κ2) is 5.75. The van der Waals surface area contributed by atoms with Crippen LogP contribution >= 0.6 is 11.8 Å². The van der Waals surface area contributed by atoms with E-state index in [1.165, 1.54) is 12.1 Å². The van der Waals surface area contributed by atoms with Crippen molar-refractivity contribution in [1.29, 1.82) is 0 Å². The number of anilines is 1. The lowest BCUT2D eigenvalue weighted by Gasteiger charge is -2.14. The minimum Gasteiger partial charge on any atom is -0.398 e. The fourth-order valence-corrected chi connectivity index (χ4v) is 2.64. The Labute approximate surface area is 126 Å². The largest absolute Gasteiger partial charge is 0.416 e. The first-order valence-corrected chi connectivity index (χ1v) is 6.71. The summed E-state index contributed by atoms with van der Waals surface area (Å²) in [7, 11) is 0. The van der Waals surface area contributed by atoms with Crippen molar-refractivity contribution in [2.45, 2.75) is 22.1 Å². The van der Waals surface area contributed by atoms with Crippen molar-refractivity contribution in [3.8, 4) is 0 Å². The number of hydrogen-bond acceptors (Lipinski definition) is 2. The van der Waals surface area contributed by atoms with Gasteiger partial charge in [-0.1, -0.05) is 23.9 Å². The molecule has 118 valence electrons. The van der Waals surface area contributed by atoms with Crippen LogP contribution < -0.4 is 5.73 Å². The van der Waals surface area contributed by atoms with Crippen LogP contribution in [0.5, 0.6) is 0 Å². The van der Waals surface area contributed by atoms with Gasteiger partial charge in [0, 0.05) is 15.5 Å². The van der Waals surface area contributed by atoms with E-state index in [0.717, 1.165) is 11.8 Å². The highest BCUT2D eigenvalue weighted by Crippen LogP contribution is 2.40. The van der Waals surface area contributed by atoms with Crippen LogP contribution in [0, 0.1) is 0 Å². The van der Waals surface area contributed by atoms with E-state index in [4.69, 9.17) is 5.73 Å². The zero-order valence-electron chi connectivity index (χ0n) is 10.8. The van der Waals surface area contributed by atoms with Crippen molar-refractivity contribution in [2.75, 3.05) is 5.73 Å². The van der Waals surface area contributed by atoms with Gasteiger partial charge < -0.3 is 5.73 Å². The lowest BCUT2D eigenvalue weighted by Crippen LogP contribution is -2.10. The predicted molar refractivity (Wildman–Crippen MR) is 71.4 cm³/mol. The minimum absolute atomic E-state index is 0.0956. The lowest BCUT2D eigenvalue weighted by molar-refractivity contribution is -0.143. The summed E-state index contributed by atoms with van der Waals surface area (Å²) >= 11 is 0.750. The molecule has 22 heavy (non-hydrogen) atoms. The van der Waals surface area contributed by atoms with E-state index in [9.17, 15) is 26.3 Å². The lowest BCUT2D eigenvalue weighted by atomic mass is 10.1. The molecule has 0 amide bonds. The molecular formula is C14H9F6NS. The highest BCUT2D eigenvalue weighted by Gasteiger charge is 2.37. The molecule has 0 aromatic heterocycles. The number of benzene rings is 2. The van der Waals surface area contributed by atoms with Gasteiger partial charge in [-0.15, -0.1) is 0 Å². The third-order valence-electron chi connectivity index (χ3n) is 2.71. The average Bonchev–Trinajstić information content (AvgIpc) is 2.39. The van der Waals surface area contributed by atoms with Crippen LogP contribution in [0.2, 0.25) is 0 Å². The number of rotatable bonds is 2. The molecular weight excluding hydrogens is 328 g/mol. The summed E-state index contributed by atoms with van der Waals surface area (Å²) in [4.78, 5) is 0.204. The first-order valence-electron chi connectivity index (χ1n) is 5.89. The molecule has 0 saturated heterocycles. The van der Waals surface area contributed by atoms with E-state index in [1.807, 2.05) is 0 Å². The van der Waals surface area contributed by atoms with E-state index in [0.29, 0.717) is 17.0 Å². The Hall–Kier alpha value is -1.83. The molecule has 2 rings (SSSR count). The van der Waals surface area contributed by atoms with E-state index >= 15 is 0 Å². The molecule has 1 nitrogen and oxygen atoms in total. The zero-order valence-corrected chi connectivity index (χ0v) is 11.6. The number of nitrogen functional groups attached to an aromatic ring is 1. The van der Waals surface area contributed by atoms with Crippen molar-refractivity contribution in [3.05, 3.63) is 53.6 Å². The summed E-state index contributed by atoms with van der Waals surface area (Å²) in [6, 6.07) is 7.69. The molecule has 0 unspecified atom stereocenters. The molecule has 2 aromatic rings. The Kier molecular flexibility index (Phi) is 4.32. The fraction of sp³-hybridized carbons (Fsp3) is 0.143. The Bertz CT molecular complexity index is 646. The predicted octanol–water partition coefficient (Wildman–Crippen LogP) is 5.46. The highest BCUT2D eigenvalue weighted by molar-refractivity contribution is 7.99. The number of halogens is 6. The Morgan fingerprint density at radius 2 is 1.27 bits per heavy atom. The number of hydrogen-bond donors (Lipinski definition) is 1. The molecule has 0 saturated carbocycles. The van der Waals surface area contributed by atoms with E-state index < -0.39 is 23.5 Å². The molecule has 0 atom stereocenters. The maximum atomic E-state index is 12.8. The summed E-state index contributed by atoms with van der Waals surface area (Å²) in [5, 5.41) is 0. The number of para-hydroxylation sites is 1. The molecule has 2 N–H and O–H groups in total. The standard InChI is InChI=1S/C14H9F6NS/c15-13(16,17)8-5-9(14(18,19)20)7-10(6-8)22-12-4-2-1-3-11(12)21/h1-7H,21H2. The highest BCUT2D eigenvalue weighted by atomic mass is 32.2. The molecule has 0 bridgehead atoms. The van der Waals surface area contributed by atoms with Crippen LogP contribution in [0.15, 0.2) is 52.3 Å². The van der Waals surface area contributed by atoms with Crippen molar-refractivity contribution in [1.82, 2.24) is 0 Å². The third kappa shape index (κ3) is 3.88. The Balaban J connectivity index is 2.49. The summed E-state index contributed by atoms with van der Waals surface area (Å²) in [6.45, 7) is 0. The average molecular weight is 337 g/mol. The van der Waals surface area contributed by atoms with Crippen LogP contribution in [0.4, 0.5) is 32.0 Å². The second-order valence-electron chi connectivity index (χ2n) is 4.38. The van der Waals surface area contributed by atoms with Gasteiger partial charge in [-0.25, -0.2) is 0 Å². The molecule has 0 aliphatic carbocycles. The van der Waals surface area contributed by atoms with Gasteiger partial charge in [0.15, 0.2) is 0 Å². The van der Waals surface area contributed by atoms with Gasteiger partial charge in [-0.3, -0.25) is 0 Å². The van der Waals surface area contributed by atoms with Crippen molar-refractivity contribution in [2.24, 2.45) is 0 Å². The molecule has 0 aliphatic rings. The van der Waals surface area contributed by atoms with Gasteiger partial charge in [0.05, 0.1) is 11.1 Å². The summed E-state index contributed by atoms with van der Waals surface area (Å²) < 4.78 is 76.5. The van der Waals surface area contributed by atoms with E-state index in [1.54, 1.807) is 12.1 Å². The smallest absolute Gasteiger partial charge is 0.398 e. The minimum atomic E-state index is -4.86. The van der Waals surface area contributed by atoms with Gasteiger partial charge >= 0.3 is 12.4 Å². The number of nitrogens with two attached hydrogens (primary N) is 1. The molecule has 0 radical (unpaired) electrons. The normalized spacial score (nSPS) is 12.5. The first kappa shape index (κ1) is 16.5. The quantitative estimate of drug-likeness (QED) is 0.582. The maximum absolute atomic E-state index is 12.8. The van der Waals surface area contributed by atoms with Gasteiger partial charge in [-0.05, 0) is 30.3 Å². The van der Waals surface area contributed by atoms with Gasteiger partial charge in [-0.2, -0.15) is 26.3 Å². The van der Waals surface area contributed by atoms with Crippen molar-refractivity contribution < 1.29 is 26.3 Å². The van der Waals surface area contributed by atoms with Crippen LogP contribution in [0.25, 0.3) is 0 Å². The zero-order chi connectivity index (χ0) is 16.5. The van der Waals surface area contributed by atoms with E-state index in [2.05, 4.69) is 0 Å². The fourth-order valence-electron chi connectivity index (χ4n) is 1.69. The van der Waals surface area contributed by atoms with Crippen LogP contribution in [0.3, 0.4) is 0 Å². The van der Waals surface area contributed by atoms with Gasteiger partial charge in [0.2, 0.25) is 0 Å². The molecule has 0 spiro atoms. The van der Waals surface area contributed by atoms with Gasteiger partial charge in [0.1, 0.15) is 0 Å². The Morgan fingerprint density at radius 3 is 1.73 bits per heavy atom. The summed E-state index contributed by atoms with van der Waals surface area (Å²) in [5.74, 6) is 0. The van der Waals surface area contributed by atoms with Crippen LogP contribution in [-0.4, -0.2) is 0 Å². The van der Waals surface area contributed by atoms with Crippen molar-refractivity contribution >= 4 is 17.4 Å². The summed E-state index contributed by atoms with van der Waals surface area (Å²) in [6.07, 6.45) is -9.72. The van der Waals surface area contributed by atoms with Crippen LogP contribution in [-0.2, 0) is 12.4 Å². The monoisotopic (exact) mass is 337 g/mol. The molecule has 0 heterocycles. The molecule has 0 fully saturated rings. The molecule has 0 aliphatic heterocycles. The Morgan fingerprint density at radius 1 is 0.773 bits per heavy atom.